The summed E-state index contributed by atoms with van der Waals surface area (Å²) in [7, 11) is -14.8. The molecule has 0 saturated heterocycles. The topological polar surface area (TPSA) is 126 Å². The van der Waals surface area contributed by atoms with Gasteiger partial charge >= 0.3 is 32.8 Å². The third-order valence-corrected chi connectivity index (χ3v) is 20.2. The molecule has 0 heterocycles. The predicted octanol–water partition coefficient (Wildman–Crippen LogP) is 9.43. The van der Waals surface area contributed by atoms with Gasteiger partial charge in [0.25, 0.3) is 0 Å². The van der Waals surface area contributed by atoms with Gasteiger partial charge in [0.1, 0.15) is 0 Å². The van der Waals surface area contributed by atoms with E-state index in [1.165, 1.54) is 0 Å². The van der Waals surface area contributed by atoms with Crippen molar-refractivity contribution in [2.45, 2.75) is 164 Å². The molecular formula is C31H70O12P2Si2. The minimum absolute atomic E-state index is 0.106. The molecule has 0 bridgehead atoms. The molecule has 0 radical (unpaired) electrons. The van der Waals surface area contributed by atoms with Gasteiger partial charge in [-0.2, -0.15) is 0 Å². The first kappa shape index (κ1) is 47.5. The summed E-state index contributed by atoms with van der Waals surface area (Å²) in [4.78, 5) is -1.71. The van der Waals surface area contributed by atoms with Crippen molar-refractivity contribution in [1.82, 2.24) is 0 Å². The van der Waals surface area contributed by atoms with Gasteiger partial charge in [-0.1, -0.05) is 0 Å². The van der Waals surface area contributed by atoms with Gasteiger partial charge < -0.3 is 44.7 Å². The minimum atomic E-state index is -4.29. The Morgan fingerprint density at radius 2 is 0.660 bits per heavy atom. The van der Waals surface area contributed by atoms with Crippen LogP contribution in [0.1, 0.15) is 123 Å². The van der Waals surface area contributed by atoms with Crippen LogP contribution in [0.2, 0.25) is 12.1 Å². The van der Waals surface area contributed by atoms with Gasteiger partial charge in [-0.05, 0) is 123 Å². The Balaban J connectivity index is 7.58. The van der Waals surface area contributed by atoms with E-state index in [1.807, 2.05) is 41.5 Å². The maximum atomic E-state index is 15.6. The largest absolute Gasteiger partial charge is 0.500 e. The monoisotopic (exact) mass is 752 g/mol. The summed E-state index contributed by atoms with van der Waals surface area (Å²) in [6, 6.07) is 0.791. The molecule has 0 rings (SSSR count). The van der Waals surface area contributed by atoms with Gasteiger partial charge in [-0.15, -0.1) is 0 Å². The van der Waals surface area contributed by atoms with E-state index in [9.17, 15) is 0 Å². The van der Waals surface area contributed by atoms with Gasteiger partial charge in [-0.25, -0.2) is 0 Å². The zero-order valence-corrected chi connectivity index (χ0v) is 35.9. The van der Waals surface area contributed by atoms with Crippen LogP contribution in [0.5, 0.6) is 0 Å². The third kappa shape index (κ3) is 14.9. The van der Waals surface area contributed by atoms with E-state index in [1.54, 1.807) is 55.4 Å². The molecule has 0 aliphatic rings. The van der Waals surface area contributed by atoms with Crippen molar-refractivity contribution in [2.24, 2.45) is 0 Å². The maximum Gasteiger partial charge on any atom is 0.500 e. The van der Waals surface area contributed by atoms with E-state index in [0.717, 1.165) is 0 Å². The Kier molecular flexibility index (Phi) is 23.4. The first-order chi connectivity index (χ1) is 21.9. The summed E-state index contributed by atoms with van der Waals surface area (Å²) < 4.78 is 93.3. The highest BCUT2D eigenvalue weighted by Crippen LogP contribution is 2.82. The third-order valence-electron chi connectivity index (χ3n) is 6.72. The van der Waals surface area contributed by atoms with E-state index >= 15 is 9.13 Å². The maximum absolute atomic E-state index is 15.6. The fourth-order valence-corrected chi connectivity index (χ4v) is 17.4. The highest BCUT2D eigenvalue weighted by molar-refractivity contribution is 7.74. The number of hydrogen-bond acceptors (Lipinski definition) is 12. The fourth-order valence-electron chi connectivity index (χ4n) is 5.55. The van der Waals surface area contributed by atoms with E-state index in [2.05, 4.69) is 0 Å². The van der Waals surface area contributed by atoms with Crippen LogP contribution in [-0.2, 0) is 53.8 Å². The summed E-state index contributed by atoms with van der Waals surface area (Å²) in [5.41, 5.74) is 0. The molecule has 47 heavy (non-hydrogen) atoms. The highest BCUT2D eigenvalue weighted by atomic mass is 31.2. The smallest absolute Gasteiger partial charge is 0.374 e. The SMILES string of the molecule is CCO[Si](CCCC(CCC[Si](OCC)(OCC)OCC)(P(=O)(OC(C)C)OC(C)C)P(=O)(OC(C)C)OC(C)C)(OCC)OCC. The Bertz CT molecular complexity index is 789. The van der Waals surface area contributed by atoms with E-state index < -0.39 is 62.1 Å². The normalized spacial score (nSPS) is 14.0. The van der Waals surface area contributed by atoms with Crippen molar-refractivity contribution in [2.75, 3.05) is 39.6 Å². The van der Waals surface area contributed by atoms with Crippen LogP contribution >= 0.6 is 15.2 Å². The van der Waals surface area contributed by atoms with Crippen LogP contribution in [-0.4, -0.2) is 86.6 Å². The molecule has 16 heteroatoms. The second-order valence-corrected chi connectivity index (χ2v) is 22.6. The van der Waals surface area contributed by atoms with Crippen LogP contribution in [0.4, 0.5) is 0 Å². The van der Waals surface area contributed by atoms with E-state index in [4.69, 9.17) is 44.7 Å². The Morgan fingerprint density at radius 3 is 0.830 bits per heavy atom. The standard InChI is InChI=1S/C31H70O12P2Si2/c1-15-34-46(35-16-2,36-17-3)25-21-23-31(44(32,40-27(7)8)41-28(9)10,45(33,42-29(11)12)43-30(13)14)24-22-26-47(37-18-4,38-19-5)39-20-6/h27-30H,15-26H2,1-14H3. The molecule has 0 N–H and O–H groups in total. The molecule has 0 unspecified atom stereocenters. The average molecular weight is 753 g/mol. The van der Waals surface area contributed by atoms with Crippen LogP contribution < -0.4 is 0 Å². The van der Waals surface area contributed by atoms with Crippen LogP contribution in [0.25, 0.3) is 0 Å². The van der Waals surface area contributed by atoms with Crippen molar-refractivity contribution >= 4 is 32.8 Å². The van der Waals surface area contributed by atoms with Gasteiger partial charge in [0.2, 0.25) is 0 Å². The molecule has 0 saturated carbocycles. The van der Waals surface area contributed by atoms with Crippen molar-refractivity contribution in [3.8, 4) is 0 Å². The number of hydrogen-bond donors (Lipinski definition) is 0. The molecular weight excluding hydrogens is 682 g/mol. The summed E-state index contributed by atoms with van der Waals surface area (Å²) >= 11 is 0. The molecule has 0 fully saturated rings. The molecule has 0 atom stereocenters. The van der Waals surface area contributed by atoms with Crippen molar-refractivity contribution in [3.63, 3.8) is 0 Å². The van der Waals surface area contributed by atoms with Gasteiger partial charge in [0, 0.05) is 51.7 Å². The summed E-state index contributed by atoms with van der Waals surface area (Å²) in [5.74, 6) is 0. The summed E-state index contributed by atoms with van der Waals surface area (Å²) in [6.45, 7) is 28.1. The van der Waals surface area contributed by atoms with Crippen LogP contribution in [0.15, 0.2) is 0 Å². The van der Waals surface area contributed by atoms with Crippen LogP contribution in [0.3, 0.4) is 0 Å². The lowest BCUT2D eigenvalue weighted by Gasteiger charge is -2.45. The summed E-state index contributed by atoms with van der Waals surface area (Å²) in [5, 5.41) is 0. The molecule has 0 aromatic carbocycles. The van der Waals surface area contributed by atoms with E-state index in [0.29, 0.717) is 64.6 Å². The molecule has 284 valence electrons. The van der Waals surface area contributed by atoms with E-state index in [-0.39, 0.29) is 12.8 Å². The molecule has 0 aromatic rings. The Morgan fingerprint density at radius 1 is 0.447 bits per heavy atom. The average Bonchev–Trinajstić information content (AvgIpc) is 2.91. The second-order valence-electron chi connectivity index (χ2n) is 12.3. The molecule has 0 aromatic heterocycles. The highest BCUT2D eigenvalue weighted by Gasteiger charge is 2.66. The molecule has 0 spiro atoms. The Hall–Kier alpha value is 0.494. The quantitative estimate of drug-likeness (QED) is 0.0512. The van der Waals surface area contributed by atoms with Gasteiger partial charge in [0.05, 0.1) is 24.4 Å². The summed E-state index contributed by atoms with van der Waals surface area (Å²) in [6.07, 6.45) is -1.11. The number of rotatable bonds is 30. The first-order valence-electron chi connectivity index (χ1n) is 17.7. The molecule has 0 aliphatic heterocycles. The van der Waals surface area contributed by atoms with Gasteiger partial charge in [0.15, 0.2) is 4.90 Å². The molecule has 0 amide bonds. The zero-order valence-electron chi connectivity index (χ0n) is 32.1. The fraction of sp³-hybridized carbons (Fsp3) is 1.00. The lowest BCUT2D eigenvalue weighted by molar-refractivity contribution is 0.0685. The predicted molar refractivity (Wildman–Crippen MR) is 192 cm³/mol. The lowest BCUT2D eigenvalue weighted by Crippen LogP contribution is -2.47. The van der Waals surface area contributed by atoms with Crippen molar-refractivity contribution in [3.05, 3.63) is 0 Å². The Labute approximate surface area is 289 Å². The van der Waals surface area contributed by atoms with Crippen LogP contribution in [0, 0.1) is 0 Å². The van der Waals surface area contributed by atoms with Crippen molar-refractivity contribution < 1.29 is 53.8 Å². The lowest BCUT2D eigenvalue weighted by atomic mass is 10.1. The molecule has 0 aliphatic carbocycles. The second kappa shape index (κ2) is 23.1. The van der Waals surface area contributed by atoms with Crippen molar-refractivity contribution in [1.29, 1.82) is 0 Å². The molecule has 12 nitrogen and oxygen atoms in total. The zero-order chi connectivity index (χ0) is 36.4. The minimum Gasteiger partial charge on any atom is -0.374 e. The van der Waals surface area contributed by atoms with Gasteiger partial charge in [-0.3, -0.25) is 9.13 Å². The first-order valence-corrected chi connectivity index (χ1v) is 24.7.